The molecule has 8 heteroatoms. The monoisotopic (exact) mass is 375 g/mol. The predicted octanol–water partition coefficient (Wildman–Crippen LogP) is 2.40. The number of imidazole rings is 1. The van der Waals surface area contributed by atoms with Crippen LogP contribution < -0.4 is 5.73 Å². The molecule has 0 radical (unpaired) electrons. The molecule has 140 valence electrons. The largest absolute Gasteiger partial charge is 0.382 e. The summed E-state index contributed by atoms with van der Waals surface area (Å²) in [5.74, 6) is 1.33. The van der Waals surface area contributed by atoms with Crippen LogP contribution in [0.2, 0.25) is 0 Å². The molecular formula is C18H25N5O2S. The number of likely N-dealkylation sites (N-methyl/N-ethyl adjacent to an activating group) is 1. The van der Waals surface area contributed by atoms with Gasteiger partial charge in [0.05, 0.1) is 17.3 Å². The van der Waals surface area contributed by atoms with Gasteiger partial charge in [0.1, 0.15) is 11.3 Å². The lowest BCUT2D eigenvalue weighted by Gasteiger charge is -2.16. The first-order chi connectivity index (χ1) is 12.3. The number of para-hydroxylation sites is 1. The van der Waals surface area contributed by atoms with Crippen molar-refractivity contribution in [3.05, 3.63) is 30.1 Å². The second-order valence-electron chi connectivity index (χ2n) is 6.58. The first-order valence-corrected chi connectivity index (χ1v) is 10.6. The van der Waals surface area contributed by atoms with Crippen molar-refractivity contribution in [1.29, 1.82) is 0 Å². The molecule has 0 atom stereocenters. The summed E-state index contributed by atoms with van der Waals surface area (Å²) in [6.45, 7) is 3.03. The minimum atomic E-state index is -3.23. The third-order valence-electron chi connectivity index (χ3n) is 4.65. The van der Waals surface area contributed by atoms with Gasteiger partial charge in [-0.25, -0.2) is 22.7 Å². The number of anilines is 1. The highest BCUT2D eigenvalue weighted by Gasteiger charge is 2.18. The lowest BCUT2D eigenvalue weighted by Crippen LogP contribution is -2.29. The van der Waals surface area contributed by atoms with Gasteiger partial charge in [0, 0.05) is 31.9 Å². The summed E-state index contributed by atoms with van der Waals surface area (Å²) >= 11 is 0. The number of fused-ring (bicyclic) bond motifs is 3. The Kier molecular flexibility index (Phi) is 5.15. The van der Waals surface area contributed by atoms with Crippen LogP contribution in [0.25, 0.3) is 21.9 Å². The molecule has 0 amide bonds. The predicted molar refractivity (Wildman–Crippen MR) is 106 cm³/mol. The first-order valence-electron chi connectivity index (χ1n) is 8.77. The Bertz CT molecular complexity index is 1040. The zero-order valence-electron chi connectivity index (χ0n) is 15.4. The smallest absolute Gasteiger partial charge is 0.211 e. The maximum Gasteiger partial charge on any atom is 0.211 e. The van der Waals surface area contributed by atoms with Crippen LogP contribution in [-0.4, -0.2) is 47.1 Å². The number of nitrogen functional groups attached to an aromatic ring is 1. The second kappa shape index (κ2) is 7.20. The molecule has 1 aromatic carbocycles. The van der Waals surface area contributed by atoms with Crippen molar-refractivity contribution in [2.24, 2.45) is 0 Å². The van der Waals surface area contributed by atoms with E-state index in [1.165, 1.54) is 10.6 Å². The molecule has 2 aromatic heterocycles. The van der Waals surface area contributed by atoms with Gasteiger partial charge >= 0.3 is 0 Å². The summed E-state index contributed by atoms with van der Waals surface area (Å²) < 4.78 is 27.0. The summed E-state index contributed by atoms with van der Waals surface area (Å²) in [6, 6.07) is 7.82. The molecule has 0 fully saturated rings. The lowest BCUT2D eigenvalue weighted by atomic mass is 10.2. The Morgan fingerprint density at radius 3 is 2.65 bits per heavy atom. The van der Waals surface area contributed by atoms with Gasteiger partial charge in [0.25, 0.3) is 0 Å². The topological polar surface area (TPSA) is 94.1 Å². The van der Waals surface area contributed by atoms with E-state index >= 15 is 0 Å². The number of nitrogens with zero attached hydrogens (tertiary/aromatic N) is 4. The molecule has 0 bridgehead atoms. The summed E-state index contributed by atoms with van der Waals surface area (Å²) in [6.07, 6.45) is 4.10. The Morgan fingerprint density at radius 2 is 1.96 bits per heavy atom. The van der Waals surface area contributed by atoms with Crippen LogP contribution in [-0.2, 0) is 23.0 Å². The average molecular weight is 375 g/mol. The number of hydrogen-bond donors (Lipinski definition) is 1. The fraction of sp³-hybridized carbons (Fsp3) is 0.444. The fourth-order valence-corrected chi connectivity index (χ4v) is 3.49. The van der Waals surface area contributed by atoms with E-state index < -0.39 is 10.0 Å². The molecule has 3 aromatic rings. The number of aryl methyl sites for hydroxylation is 1. The van der Waals surface area contributed by atoms with Gasteiger partial charge in [-0.2, -0.15) is 0 Å². The molecule has 0 spiro atoms. The number of nitrogens with two attached hydrogens (primary N) is 1. The van der Waals surface area contributed by atoms with E-state index in [1.807, 2.05) is 24.3 Å². The van der Waals surface area contributed by atoms with Crippen LogP contribution in [0.3, 0.4) is 0 Å². The molecule has 2 N–H and O–H groups in total. The van der Waals surface area contributed by atoms with Crippen LogP contribution in [0.4, 0.5) is 5.82 Å². The third kappa shape index (κ3) is 3.52. The molecule has 7 nitrogen and oxygen atoms in total. The van der Waals surface area contributed by atoms with Gasteiger partial charge in [0.2, 0.25) is 10.0 Å². The minimum Gasteiger partial charge on any atom is -0.382 e. The lowest BCUT2D eigenvalue weighted by molar-refractivity contribution is 0.448. The van der Waals surface area contributed by atoms with Crippen molar-refractivity contribution >= 4 is 37.8 Å². The summed E-state index contributed by atoms with van der Waals surface area (Å²) in [5, 5.41) is 0.981. The van der Waals surface area contributed by atoms with Crippen LogP contribution in [0.1, 0.15) is 25.6 Å². The highest BCUT2D eigenvalue weighted by atomic mass is 32.2. The zero-order valence-corrected chi connectivity index (χ0v) is 16.3. The van der Waals surface area contributed by atoms with Gasteiger partial charge in [-0.1, -0.05) is 31.5 Å². The molecule has 0 aliphatic heterocycles. The van der Waals surface area contributed by atoms with Gasteiger partial charge in [0.15, 0.2) is 5.82 Å². The maximum absolute atomic E-state index is 11.7. The van der Waals surface area contributed by atoms with E-state index in [9.17, 15) is 8.42 Å². The fourth-order valence-electron chi connectivity index (χ4n) is 3.08. The van der Waals surface area contributed by atoms with E-state index in [4.69, 9.17) is 10.7 Å². The quantitative estimate of drug-likeness (QED) is 0.684. The molecule has 0 aliphatic carbocycles. The minimum absolute atomic E-state index is 0.375. The molecule has 26 heavy (non-hydrogen) atoms. The summed E-state index contributed by atoms with van der Waals surface area (Å²) in [5.41, 5.74) is 8.61. The molecule has 3 rings (SSSR count). The number of hydrogen-bond acceptors (Lipinski definition) is 5. The molecule has 0 unspecified atom stereocenters. The number of pyridine rings is 1. The van der Waals surface area contributed by atoms with Crippen LogP contribution >= 0.6 is 0 Å². The van der Waals surface area contributed by atoms with Crippen LogP contribution in [0.15, 0.2) is 24.3 Å². The molecular weight excluding hydrogens is 350 g/mol. The summed E-state index contributed by atoms with van der Waals surface area (Å²) in [7, 11) is -1.64. The van der Waals surface area contributed by atoms with Crippen molar-refractivity contribution in [2.45, 2.75) is 32.7 Å². The molecule has 0 aliphatic rings. The van der Waals surface area contributed by atoms with Crippen molar-refractivity contribution in [2.75, 3.05) is 25.6 Å². The second-order valence-corrected chi connectivity index (χ2v) is 8.67. The highest BCUT2D eigenvalue weighted by Crippen LogP contribution is 2.29. The number of rotatable bonds is 7. The van der Waals surface area contributed by atoms with Gasteiger partial charge in [-0.3, -0.25) is 0 Å². The Hall–Kier alpha value is -2.19. The number of aromatic nitrogens is 3. The van der Waals surface area contributed by atoms with Gasteiger partial charge in [-0.15, -0.1) is 0 Å². The number of unbranched alkanes of at least 4 members (excludes halogenated alkanes) is 1. The van der Waals surface area contributed by atoms with Gasteiger partial charge < -0.3 is 10.3 Å². The van der Waals surface area contributed by atoms with Crippen molar-refractivity contribution in [3.63, 3.8) is 0 Å². The molecule has 2 heterocycles. The zero-order chi connectivity index (χ0) is 18.9. The van der Waals surface area contributed by atoms with E-state index in [1.54, 1.807) is 7.05 Å². The van der Waals surface area contributed by atoms with E-state index in [0.29, 0.717) is 24.4 Å². The Morgan fingerprint density at radius 1 is 1.23 bits per heavy atom. The average Bonchev–Trinajstić information content (AvgIpc) is 2.96. The molecule has 0 saturated heterocycles. The van der Waals surface area contributed by atoms with Crippen LogP contribution in [0.5, 0.6) is 0 Å². The number of sulfonamides is 1. The van der Waals surface area contributed by atoms with E-state index in [0.717, 1.165) is 41.5 Å². The van der Waals surface area contributed by atoms with Gasteiger partial charge in [-0.05, 0) is 12.5 Å². The van der Waals surface area contributed by atoms with Crippen molar-refractivity contribution in [1.82, 2.24) is 18.8 Å². The highest BCUT2D eigenvalue weighted by molar-refractivity contribution is 7.88. The van der Waals surface area contributed by atoms with Crippen LogP contribution in [0, 0.1) is 0 Å². The van der Waals surface area contributed by atoms with E-state index in [2.05, 4.69) is 16.5 Å². The van der Waals surface area contributed by atoms with Crippen molar-refractivity contribution in [3.8, 4) is 0 Å². The summed E-state index contributed by atoms with van der Waals surface area (Å²) in [4.78, 5) is 9.22. The van der Waals surface area contributed by atoms with E-state index in [-0.39, 0.29) is 0 Å². The standard InChI is InChI=1S/C18H25N5O2S/c1-4-5-10-15-21-16-17(23(15)12-11-22(2)26(3,24)25)13-8-6-7-9-14(13)20-18(16)19/h6-9H,4-5,10-12H2,1-3H3,(H2,19,20). The SMILES string of the molecule is CCCCc1nc2c(N)nc3ccccc3c2n1CCN(C)S(C)(=O)=O. The van der Waals surface area contributed by atoms with Crippen molar-refractivity contribution < 1.29 is 8.42 Å². The maximum atomic E-state index is 11.7. The third-order valence-corrected chi connectivity index (χ3v) is 5.96. The first kappa shape index (κ1) is 18.6. The number of benzene rings is 1. The Balaban J connectivity index is 2.16. The molecule has 0 saturated carbocycles. The normalized spacial score (nSPS) is 12.5. The Labute approximate surface area is 153 Å².